The molecule has 98 valence electrons. The number of ether oxygens (including phenoxy) is 1. The topological polar surface area (TPSA) is 65.3 Å². The number of hydrogen-bond donors (Lipinski definition) is 0. The first-order valence-electron chi connectivity index (χ1n) is 5.24. The van der Waals surface area contributed by atoms with Crippen molar-refractivity contribution >= 4 is 28.9 Å². The third-order valence-corrected chi connectivity index (χ3v) is 2.90. The summed E-state index contributed by atoms with van der Waals surface area (Å²) in [6.07, 6.45) is 1.63. The number of aromatic nitrogens is 1. The van der Waals surface area contributed by atoms with E-state index in [9.17, 15) is 10.1 Å². The molecule has 19 heavy (non-hydrogen) atoms. The molecular weight excluding hydrogens is 291 g/mol. The van der Waals surface area contributed by atoms with Gasteiger partial charge in [0.1, 0.15) is 17.4 Å². The Morgan fingerprint density at radius 2 is 2.05 bits per heavy atom. The standard InChI is InChI=1S/C12H8Cl2N2O3/c13-9-5-10(14)12(6-11(9)16(17)18)19-7-8-3-1-2-4-15-8/h1-6H,7H2. The fraction of sp³-hybridized carbons (Fsp3) is 0.0833. The molecule has 1 aromatic heterocycles. The summed E-state index contributed by atoms with van der Waals surface area (Å²) in [6.45, 7) is 0.166. The second kappa shape index (κ2) is 5.86. The lowest BCUT2D eigenvalue weighted by Gasteiger charge is -2.08. The van der Waals surface area contributed by atoms with Gasteiger partial charge in [-0.1, -0.05) is 29.3 Å². The Morgan fingerprint density at radius 3 is 2.68 bits per heavy atom. The molecule has 0 spiro atoms. The first-order valence-corrected chi connectivity index (χ1v) is 5.99. The number of nitrogens with zero attached hydrogens (tertiary/aromatic N) is 2. The zero-order valence-electron chi connectivity index (χ0n) is 9.55. The van der Waals surface area contributed by atoms with E-state index >= 15 is 0 Å². The minimum atomic E-state index is -0.591. The van der Waals surface area contributed by atoms with Crippen LogP contribution in [-0.4, -0.2) is 9.91 Å². The molecule has 7 heteroatoms. The van der Waals surface area contributed by atoms with E-state index in [2.05, 4.69) is 4.98 Å². The van der Waals surface area contributed by atoms with Gasteiger partial charge in [0, 0.05) is 6.20 Å². The van der Waals surface area contributed by atoms with Gasteiger partial charge in [0.25, 0.3) is 5.69 Å². The molecule has 0 unspecified atom stereocenters. The van der Waals surface area contributed by atoms with Gasteiger partial charge in [0.2, 0.25) is 0 Å². The van der Waals surface area contributed by atoms with Crippen molar-refractivity contribution in [1.29, 1.82) is 0 Å². The van der Waals surface area contributed by atoms with E-state index in [0.29, 0.717) is 5.69 Å². The molecule has 5 nitrogen and oxygen atoms in total. The molecule has 0 radical (unpaired) electrons. The van der Waals surface area contributed by atoms with E-state index in [1.54, 1.807) is 18.3 Å². The second-order valence-corrected chi connectivity index (χ2v) is 4.42. The Morgan fingerprint density at radius 1 is 1.26 bits per heavy atom. The monoisotopic (exact) mass is 298 g/mol. The molecule has 0 aliphatic carbocycles. The SMILES string of the molecule is O=[N+]([O-])c1cc(OCc2ccccn2)c(Cl)cc1Cl. The fourth-order valence-electron chi connectivity index (χ4n) is 1.40. The van der Waals surface area contributed by atoms with Gasteiger partial charge in [-0.15, -0.1) is 0 Å². The predicted octanol–water partition coefficient (Wildman–Crippen LogP) is 3.88. The van der Waals surface area contributed by atoms with Crippen LogP contribution in [0.1, 0.15) is 5.69 Å². The quantitative estimate of drug-likeness (QED) is 0.635. The first-order chi connectivity index (χ1) is 9.08. The van der Waals surface area contributed by atoms with Crippen molar-refractivity contribution < 1.29 is 9.66 Å². The Kier molecular flexibility index (Phi) is 4.19. The maximum Gasteiger partial charge on any atom is 0.291 e. The van der Waals surface area contributed by atoms with E-state index in [1.165, 1.54) is 12.1 Å². The summed E-state index contributed by atoms with van der Waals surface area (Å²) in [5.41, 5.74) is 0.443. The van der Waals surface area contributed by atoms with Crippen LogP contribution in [0, 0.1) is 10.1 Å². The van der Waals surface area contributed by atoms with Crippen molar-refractivity contribution in [3.63, 3.8) is 0 Å². The van der Waals surface area contributed by atoms with Crippen LogP contribution in [0.3, 0.4) is 0 Å². The molecule has 2 rings (SSSR count). The number of pyridine rings is 1. The highest BCUT2D eigenvalue weighted by Gasteiger charge is 2.17. The largest absolute Gasteiger partial charge is 0.485 e. The maximum atomic E-state index is 10.8. The number of nitro benzene ring substituents is 1. The summed E-state index contributed by atoms with van der Waals surface area (Å²) in [4.78, 5) is 14.2. The minimum absolute atomic E-state index is 0.0276. The van der Waals surface area contributed by atoms with Crippen molar-refractivity contribution in [2.24, 2.45) is 0 Å². The van der Waals surface area contributed by atoms with Crippen molar-refractivity contribution in [3.05, 3.63) is 62.4 Å². The van der Waals surface area contributed by atoms with Crippen LogP contribution in [0.15, 0.2) is 36.5 Å². The van der Waals surface area contributed by atoms with Gasteiger partial charge >= 0.3 is 0 Å². The van der Waals surface area contributed by atoms with E-state index in [-0.39, 0.29) is 28.1 Å². The molecule has 0 N–H and O–H groups in total. The summed E-state index contributed by atoms with van der Waals surface area (Å²) >= 11 is 11.6. The summed E-state index contributed by atoms with van der Waals surface area (Å²) < 4.78 is 5.41. The average molecular weight is 299 g/mol. The lowest BCUT2D eigenvalue weighted by Crippen LogP contribution is -1.99. The molecule has 2 aromatic rings. The maximum absolute atomic E-state index is 10.8. The molecule has 0 fully saturated rings. The third-order valence-electron chi connectivity index (χ3n) is 2.30. The Hall–Kier alpha value is -1.85. The van der Waals surface area contributed by atoms with Crippen LogP contribution < -0.4 is 4.74 Å². The summed E-state index contributed by atoms with van der Waals surface area (Å²) in [5, 5.41) is 11.0. The van der Waals surface area contributed by atoms with E-state index < -0.39 is 4.92 Å². The number of halogens is 2. The zero-order valence-corrected chi connectivity index (χ0v) is 11.1. The fourth-order valence-corrected chi connectivity index (χ4v) is 1.91. The predicted molar refractivity (Wildman–Crippen MR) is 71.7 cm³/mol. The van der Waals surface area contributed by atoms with Gasteiger partial charge < -0.3 is 4.74 Å². The summed E-state index contributed by atoms with van der Waals surface area (Å²) in [7, 11) is 0. The average Bonchev–Trinajstić information content (AvgIpc) is 2.38. The van der Waals surface area contributed by atoms with Crippen LogP contribution >= 0.6 is 23.2 Å². The van der Waals surface area contributed by atoms with E-state index in [4.69, 9.17) is 27.9 Å². The highest BCUT2D eigenvalue weighted by molar-refractivity contribution is 6.36. The molecule has 1 aromatic carbocycles. The third kappa shape index (κ3) is 3.33. The lowest BCUT2D eigenvalue weighted by molar-refractivity contribution is -0.384. The van der Waals surface area contributed by atoms with Crippen molar-refractivity contribution in [2.45, 2.75) is 6.61 Å². The minimum Gasteiger partial charge on any atom is -0.485 e. The van der Waals surface area contributed by atoms with Gasteiger partial charge in [0.15, 0.2) is 0 Å². The van der Waals surface area contributed by atoms with E-state index in [1.807, 2.05) is 6.07 Å². The molecule has 0 aliphatic heterocycles. The molecular formula is C12H8Cl2N2O3. The molecule has 0 amide bonds. The number of hydrogen-bond acceptors (Lipinski definition) is 4. The van der Waals surface area contributed by atoms with Gasteiger partial charge in [-0.05, 0) is 18.2 Å². The summed E-state index contributed by atoms with van der Waals surface area (Å²) in [5.74, 6) is 0.198. The molecule has 0 saturated heterocycles. The zero-order chi connectivity index (χ0) is 13.8. The van der Waals surface area contributed by atoms with Crippen LogP contribution in [0.2, 0.25) is 10.0 Å². The van der Waals surface area contributed by atoms with Crippen molar-refractivity contribution in [3.8, 4) is 5.75 Å². The first kappa shape index (κ1) is 13.6. The molecule has 0 atom stereocenters. The van der Waals surface area contributed by atoms with Gasteiger partial charge in [0.05, 0.1) is 21.7 Å². The smallest absolute Gasteiger partial charge is 0.291 e. The van der Waals surface area contributed by atoms with Crippen LogP contribution in [0.5, 0.6) is 5.75 Å². The molecule has 1 heterocycles. The highest BCUT2D eigenvalue weighted by Crippen LogP contribution is 2.35. The van der Waals surface area contributed by atoms with Crippen LogP contribution in [0.4, 0.5) is 5.69 Å². The van der Waals surface area contributed by atoms with Gasteiger partial charge in [-0.25, -0.2) is 0 Å². The number of rotatable bonds is 4. The molecule has 0 aliphatic rings. The van der Waals surface area contributed by atoms with Crippen molar-refractivity contribution in [2.75, 3.05) is 0 Å². The molecule has 0 bridgehead atoms. The van der Waals surface area contributed by atoms with Crippen LogP contribution in [-0.2, 0) is 6.61 Å². The van der Waals surface area contributed by atoms with E-state index in [0.717, 1.165) is 0 Å². The summed E-state index contributed by atoms with van der Waals surface area (Å²) in [6, 6.07) is 7.86. The Balaban J connectivity index is 2.21. The normalized spacial score (nSPS) is 10.2. The Labute approximate surface area is 118 Å². The highest BCUT2D eigenvalue weighted by atomic mass is 35.5. The van der Waals surface area contributed by atoms with Gasteiger partial charge in [-0.3, -0.25) is 15.1 Å². The van der Waals surface area contributed by atoms with Crippen molar-refractivity contribution in [1.82, 2.24) is 4.98 Å². The lowest BCUT2D eigenvalue weighted by atomic mass is 10.3. The number of benzene rings is 1. The van der Waals surface area contributed by atoms with Gasteiger partial charge in [-0.2, -0.15) is 0 Å². The molecule has 0 saturated carbocycles. The number of nitro groups is 1. The second-order valence-electron chi connectivity index (χ2n) is 3.60. The van der Waals surface area contributed by atoms with Crippen LogP contribution in [0.25, 0.3) is 0 Å². The Bertz CT molecular complexity index is 605.